The first-order valence-electron chi connectivity index (χ1n) is 6.03. The number of carbonyl (C=O) groups excluding carboxylic acids is 1. The van der Waals surface area contributed by atoms with Crippen molar-refractivity contribution in [3.05, 3.63) is 51.9 Å². The van der Waals surface area contributed by atoms with Gasteiger partial charge in [0.25, 0.3) is 5.91 Å². The SMILES string of the molecule is COc1ncccc1CNc1cc(Br)cc(F)c1C(N)=O. The molecule has 0 aliphatic rings. The Bertz CT molecular complexity index is 679. The predicted molar refractivity (Wildman–Crippen MR) is 80.7 cm³/mol. The van der Waals surface area contributed by atoms with Crippen LogP contribution in [0.3, 0.4) is 0 Å². The smallest absolute Gasteiger partial charge is 0.253 e. The van der Waals surface area contributed by atoms with E-state index >= 15 is 0 Å². The van der Waals surface area contributed by atoms with Crippen molar-refractivity contribution in [1.82, 2.24) is 4.98 Å². The molecule has 0 fully saturated rings. The third-order valence-corrected chi connectivity index (χ3v) is 3.27. The molecule has 21 heavy (non-hydrogen) atoms. The first-order valence-corrected chi connectivity index (χ1v) is 6.83. The lowest BCUT2D eigenvalue weighted by molar-refractivity contribution is 0.0997. The van der Waals surface area contributed by atoms with Crippen LogP contribution >= 0.6 is 15.9 Å². The zero-order valence-electron chi connectivity index (χ0n) is 11.2. The van der Waals surface area contributed by atoms with E-state index in [1.807, 2.05) is 6.07 Å². The number of pyridine rings is 1. The van der Waals surface area contributed by atoms with Crippen LogP contribution in [0.4, 0.5) is 10.1 Å². The molecule has 110 valence electrons. The molecule has 0 saturated heterocycles. The van der Waals surface area contributed by atoms with Crippen molar-refractivity contribution in [3.63, 3.8) is 0 Å². The number of nitrogens with one attached hydrogen (secondary N) is 1. The third kappa shape index (κ3) is 3.49. The summed E-state index contributed by atoms with van der Waals surface area (Å²) in [7, 11) is 1.51. The fourth-order valence-electron chi connectivity index (χ4n) is 1.90. The zero-order chi connectivity index (χ0) is 15.4. The van der Waals surface area contributed by atoms with Gasteiger partial charge in [-0.1, -0.05) is 22.0 Å². The molecule has 1 heterocycles. The van der Waals surface area contributed by atoms with Crippen LogP contribution in [0, 0.1) is 5.82 Å². The first kappa shape index (κ1) is 15.2. The molecule has 1 aromatic carbocycles. The molecule has 0 bridgehead atoms. The largest absolute Gasteiger partial charge is 0.481 e. The van der Waals surface area contributed by atoms with Crippen LogP contribution in [0.1, 0.15) is 15.9 Å². The van der Waals surface area contributed by atoms with E-state index in [9.17, 15) is 9.18 Å². The Kier molecular flexibility index (Phi) is 4.74. The molecule has 0 aliphatic heterocycles. The van der Waals surface area contributed by atoms with Gasteiger partial charge in [-0.15, -0.1) is 0 Å². The third-order valence-electron chi connectivity index (χ3n) is 2.81. The maximum atomic E-state index is 13.8. The maximum Gasteiger partial charge on any atom is 0.253 e. The molecule has 2 aromatic rings. The van der Waals surface area contributed by atoms with Gasteiger partial charge in [-0.25, -0.2) is 9.37 Å². The van der Waals surface area contributed by atoms with E-state index in [1.165, 1.54) is 13.2 Å². The standard InChI is InChI=1S/C14H13BrFN3O2/c1-21-14-8(3-2-4-18-14)7-19-11-6-9(15)5-10(16)12(11)13(17)20/h2-6,19H,7H2,1H3,(H2,17,20). The number of methoxy groups -OCH3 is 1. The summed E-state index contributed by atoms with van der Waals surface area (Å²) in [4.78, 5) is 15.4. The molecule has 5 nitrogen and oxygen atoms in total. The van der Waals surface area contributed by atoms with Crippen molar-refractivity contribution in [3.8, 4) is 5.88 Å². The van der Waals surface area contributed by atoms with Crippen molar-refractivity contribution in [2.75, 3.05) is 12.4 Å². The van der Waals surface area contributed by atoms with Gasteiger partial charge in [-0.3, -0.25) is 4.79 Å². The van der Waals surface area contributed by atoms with Crippen molar-refractivity contribution in [1.29, 1.82) is 0 Å². The highest BCUT2D eigenvalue weighted by molar-refractivity contribution is 9.10. The number of benzene rings is 1. The minimum atomic E-state index is -0.833. The molecular formula is C14H13BrFN3O2. The molecule has 0 radical (unpaired) electrons. The second kappa shape index (κ2) is 6.53. The van der Waals surface area contributed by atoms with Crippen LogP contribution in [0.2, 0.25) is 0 Å². The first-order chi connectivity index (χ1) is 10.0. The van der Waals surface area contributed by atoms with Gasteiger partial charge in [-0.2, -0.15) is 0 Å². The molecule has 7 heteroatoms. The van der Waals surface area contributed by atoms with E-state index in [1.54, 1.807) is 18.3 Å². The van der Waals surface area contributed by atoms with E-state index in [0.29, 0.717) is 22.6 Å². The van der Waals surface area contributed by atoms with Crippen molar-refractivity contribution in [2.24, 2.45) is 5.73 Å². The van der Waals surface area contributed by atoms with Crippen molar-refractivity contribution in [2.45, 2.75) is 6.54 Å². The predicted octanol–water partition coefficient (Wildman–Crippen LogP) is 2.70. The number of anilines is 1. The van der Waals surface area contributed by atoms with Crippen LogP contribution in [0.15, 0.2) is 34.9 Å². The quantitative estimate of drug-likeness (QED) is 0.866. The summed E-state index contributed by atoms with van der Waals surface area (Å²) in [5, 5.41) is 2.98. The van der Waals surface area contributed by atoms with E-state index in [2.05, 4.69) is 26.2 Å². The van der Waals surface area contributed by atoms with Crippen molar-refractivity contribution >= 4 is 27.5 Å². The molecule has 0 aliphatic carbocycles. The number of hydrogen-bond acceptors (Lipinski definition) is 4. The topological polar surface area (TPSA) is 77.2 Å². The van der Waals surface area contributed by atoms with Gasteiger partial charge in [0.1, 0.15) is 5.82 Å². The van der Waals surface area contributed by atoms with Gasteiger partial charge in [0.2, 0.25) is 5.88 Å². The molecule has 0 spiro atoms. The molecule has 0 saturated carbocycles. The highest BCUT2D eigenvalue weighted by Crippen LogP contribution is 2.26. The Hall–Kier alpha value is -2.15. The number of aromatic nitrogens is 1. The maximum absolute atomic E-state index is 13.8. The minimum absolute atomic E-state index is 0.180. The number of hydrogen-bond donors (Lipinski definition) is 2. The molecule has 0 unspecified atom stereocenters. The van der Waals surface area contributed by atoms with Crippen molar-refractivity contribution < 1.29 is 13.9 Å². The van der Waals surface area contributed by atoms with Gasteiger partial charge >= 0.3 is 0 Å². The second-order valence-corrected chi connectivity index (χ2v) is 5.12. The van der Waals surface area contributed by atoms with Gasteiger partial charge in [0.05, 0.1) is 18.4 Å². The Morgan fingerprint density at radius 2 is 2.29 bits per heavy atom. The van der Waals surface area contributed by atoms with Gasteiger partial charge in [0, 0.05) is 22.8 Å². The normalized spacial score (nSPS) is 10.2. The number of nitrogens with zero attached hydrogens (tertiary/aromatic N) is 1. The number of carbonyl (C=O) groups is 1. The lowest BCUT2D eigenvalue weighted by Gasteiger charge is -2.13. The highest BCUT2D eigenvalue weighted by atomic mass is 79.9. The number of rotatable bonds is 5. The molecule has 1 aromatic heterocycles. The van der Waals surface area contributed by atoms with Crippen LogP contribution in [-0.2, 0) is 6.54 Å². The highest BCUT2D eigenvalue weighted by Gasteiger charge is 2.16. The number of halogens is 2. The molecule has 1 amide bonds. The van der Waals surface area contributed by atoms with Crippen LogP contribution in [0.5, 0.6) is 5.88 Å². The molecular weight excluding hydrogens is 341 g/mol. The van der Waals surface area contributed by atoms with Gasteiger partial charge in [0.15, 0.2) is 0 Å². The fourth-order valence-corrected chi connectivity index (χ4v) is 2.33. The lowest BCUT2D eigenvalue weighted by Crippen LogP contribution is -2.17. The van der Waals surface area contributed by atoms with E-state index in [0.717, 1.165) is 5.56 Å². The van der Waals surface area contributed by atoms with Crippen LogP contribution in [-0.4, -0.2) is 18.0 Å². The Labute approximate surface area is 129 Å². The van der Waals surface area contributed by atoms with Crippen LogP contribution < -0.4 is 15.8 Å². The van der Waals surface area contributed by atoms with Gasteiger partial charge in [-0.05, 0) is 18.2 Å². The van der Waals surface area contributed by atoms with Crippen LogP contribution in [0.25, 0.3) is 0 Å². The molecule has 3 N–H and O–H groups in total. The number of primary amides is 1. The Morgan fingerprint density at radius 3 is 2.95 bits per heavy atom. The summed E-state index contributed by atoms with van der Waals surface area (Å²) in [6.45, 7) is 0.313. The summed E-state index contributed by atoms with van der Waals surface area (Å²) in [6, 6.07) is 6.36. The summed E-state index contributed by atoms with van der Waals surface area (Å²) in [5.74, 6) is -1.06. The zero-order valence-corrected chi connectivity index (χ0v) is 12.8. The Balaban J connectivity index is 2.30. The number of ether oxygens (including phenoxy) is 1. The molecule has 0 atom stereocenters. The summed E-state index contributed by atoms with van der Waals surface area (Å²) in [5.41, 5.74) is 6.12. The number of amides is 1. The fraction of sp³-hybridized carbons (Fsp3) is 0.143. The monoisotopic (exact) mass is 353 g/mol. The second-order valence-electron chi connectivity index (χ2n) is 4.20. The lowest BCUT2D eigenvalue weighted by atomic mass is 10.1. The van der Waals surface area contributed by atoms with E-state index < -0.39 is 11.7 Å². The average Bonchev–Trinajstić information content (AvgIpc) is 2.44. The summed E-state index contributed by atoms with van der Waals surface area (Å²) in [6.07, 6.45) is 1.61. The minimum Gasteiger partial charge on any atom is -0.481 e. The van der Waals surface area contributed by atoms with Gasteiger partial charge < -0.3 is 15.8 Å². The van der Waals surface area contributed by atoms with E-state index in [-0.39, 0.29) is 5.56 Å². The Morgan fingerprint density at radius 1 is 1.52 bits per heavy atom. The summed E-state index contributed by atoms with van der Waals surface area (Å²) < 4.78 is 19.5. The van der Waals surface area contributed by atoms with E-state index in [4.69, 9.17) is 10.5 Å². The summed E-state index contributed by atoms with van der Waals surface area (Å²) >= 11 is 3.18. The molecule has 2 rings (SSSR count). The average molecular weight is 354 g/mol. The number of nitrogens with two attached hydrogens (primary N) is 1.